The summed E-state index contributed by atoms with van der Waals surface area (Å²) in [7, 11) is 5.70. The molecule has 1 fully saturated rings. The monoisotopic (exact) mass is 447 g/mol. The van der Waals surface area contributed by atoms with Crippen LogP contribution in [0.2, 0.25) is 0 Å². The summed E-state index contributed by atoms with van der Waals surface area (Å²) in [5, 5.41) is 11.4. The fraction of sp³-hybridized carbons (Fsp3) is 0.632. The van der Waals surface area contributed by atoms with E-state index in [2.05, 4.69) is 25.7 Å². The van der Waals surface area contributed by atoms with Crippen LogP contribution in [0.15, 0.2) is 24.8 Å². The molecule has 1 N–H and O–H groups in total. The van der Waals surface area contributed by atoms with Gasteiger partial charge in [-0.15, -0.1) is 0 Å². The van der Waals surface area contributed by atoms with E-state index in [0.717, 1.165) is 31.8 Å². The van der Waals surface area contributed by atoms with E-state index in [-0.39, 0.29) is 6.10 Å². The lowest BCUT2D eigenvalue weighted by atomic mass is 10.0. The van der Waals surface area contributed by atoms with Crippen LogP contribution in [-0.4, -0.2) is 80.5 Å². The molecule has 174 valence electrons. The molecule has 0 unspecified atom stereocenters. The van der Waals surface area contributed by atoms with Crippen molar-refractivity contribution < 1.29 is 32.5 Å². The Bertz CT molecular complexity index is 824. The average Bonchev–Trinajstić information content (AvgIpc) is 3.39. The van der Waals surface area contributed by atoms with Crippen LogP contribution in [0.25, 0.3) is 0 Å². The van der Waals surface area contributed by atoms with E-state index in [1.807, 2.05) is 37.4 Å². The minimum Gasteiger partial charge on any atom is -0.475 e. The summed E-state index contributed by atoms with van der Waals surface area (Å²) in [6.45, 7) is 3.14. The largest absolute Gasteiger partial charge is 0.490 e. The van der Waals surface area contributed by atoms with Gasteiger partial charge in [-0.3, -0.25) is 9.58 Å². The number of hydrogen-bond acceptors (Lipinski definition) is 6. The van der Waals surface area contributed by atoms with Crippen molar-refractivity contribution in [3.05, 3.63) is 36.2 Å². The van der Waals surface area contributed by atoms with E-state index in [0.29, 0.717) is 19.3 Å². The number of imidazole rings is 1. The fourth-order valence-corrected chi connectivity index (χ4v) is 3.37. The number of rotatable bonds is 8. The summed E-state index contributed by atoms with van der Waals surface area (Å²) in [6.07, 6.45) is 5.00. The molecule has 0 aromatic carbocycles. The van der Waals surface area contributed by atoms with Crippen molar-refractivity contribution in [3.8, 4) is 0 Å². The first-order chi connectivity index (χ1) is 14.6. The first-order valence-corrected chi connectivity index (χ1v) is 9.70. The quantitative estimate of drug-likeness (QED) is 0.615. The summed E-state index contributed by atoms with van der Waals surface area (Å²) in [4.78, 5) is 15.8. The van der Waals surface area contributed by atoms with Gasteiger partial charge in [0.2, 0.25) is 0 Å². The second-order valence-electron chi connectivity index (χ2n) is 7.21. The van der Waals surface area contributed by atoms with Gasteiger partial charge in [-0.2, -0.15) is 18.3 Å². The molecule has 0 saturated carbocycles. The molecule has 2 atom stereocenters. The molecule has 3 heterocycles. The molecule has 31 heavy (non-hydrogen) atoms. The number of halogens is 3. The standard InChI is InChI=1S/C17H27N5O2.C2HF3O2/c1-20-7-5-18-17(20)13-22-6-4-16(24-9-8-23-3)15(22)10-14-11-19-21(2)12-14;3-2(4,5)1(6)7/h5,7,11-12,15-16H,4,6,8-10,13H2,1-3H3;(H,6,7)/t15-,16-;/m0./s1. The maximum atomic E-state index is 10.6. The summed E-state index contributed by atoms with van der Waals surface area (Å²) in [5.41, 5.74) is 1.24. The third-order valence-electron chi connectivity index (χ3n) is 4.93. The number of methoxy groups -OCH3 is 1. The predicted octanol–water partition coefficient (Wildman–Crippen LogP) is 1.64. The zero-order chi connectivity index (χ0) is 23.0. The van der Waals surface area contributed by atoms with E-state index in [9.17, 15) is 13.2 Å². The molecule has 0 aliphatic carbocycles. The zero-order valence-corrected chi connectivity index (χ0v) is 17.7. The van der Waals surface area contributed by atoms with Crippen molar-refractivity contribution in [1.82, 2.24) is 24.2 Å². The number of likely N-dealkylation sites (tertiary alicyclic amines) is 1. The first-order valence-electron chi connectivity index (χ1n) is 9.70. The van der Waals surface area contributed by atoms with Gasteiger partial charge in [0.25, 0.3) is 0 Å². The Hall–Kier alpha value is -2.44. The van der Waals surface area contributed by atoms with Crippen LogP contribution >= 0.6 is 0 Å². The Morgan fingerprint density at radius 3 is 2.55 bits per heavy atom. The van der Waals surface area contributed by atoms with E-state index in [4.69, 9.17) is 19.4 Å². The average molecular weight is 447 g/mol. The molecule has 2 aromatic heterocycles. The Morgan fingerprint density at radius 1 is 1.32 bits per heavy atom. The highest BCUT2D eigenvalue weighted by molar-refractivity contribution is 5.73. The Labute approximate surface area is 178 Å². The third-order valence-corrected chi connectivity index (χ3v) is 4.93. The highest BCUT2D eigenvalue weighted by atomic mass is 19.4. The van der Waals surface area contributed by atoms with Gasteiger partial charge in [0, 0.05) is 52.4 Å². The number of hydrogen-bond donors (Lipinski definition) is 1. The lowest BCUT2D eigenvalue weighted by Gasteiger charge is -2.27. The third kappa shape index (κ3) is 7.64. The van der Waals surface area contributed by atoms with Crippen LogP contribution in [0, 0.1) is 0 Å². The number of aromatic nitrogens is 4. The topological polar surface area (TPSA) is 94.6 Å². The normalized spacial score (nSPS) is 19.3. The Morgan fingerprint density at radius 2 is 2.03 bits per heavy atom. The second kappa shape index (κ2) is 11.3. The molecular formula is C19H28F3N5O4. The van der Waals surface area contributed by atoms with Crippen molar-refractivity contribution in [3.63, 3.8) is 0 Å². The molecule has 1 saturated heterocycles. The van der Waals surface area contributed by atoms with Gasteiger partial charge in [0.15, 0.2) is 0 Å². The van der Waals surface area contributed by atoms with Gasteiger partial charge in [0.05, 0.1) is 32.1 Å². The summed E-state index contributed by atoms with van der Waals surface area (Å²) < 4.78 is 46.9. The predicted molar refractivity (Wildman–Crippen MR) is 104 cm³/mol. The molecule has 9 nitrogen and oxygen atoms in total. The van der Waals surface area contributed by atoms with Gasteiger partial charge in [0.1, 0.15) is 5.82 Å². The van der Waals surface area contributed by atoms with E-state index >= 15 is 0 Å². The molecule has 1 aliphatic heterocycles. The van der Waals surface area contributed by atoms with E-state index < -0.39 is 12.1 Å². The fourth-order valence-electron chi connectivity index (χ4n) is 3.37. The molecule has 12 heteroatoms. The van der Waals surface area contributed by atoms with Gasteiger partial charge in [-0.05, 0) is 18.4 Å². The molecule has 0 amide bonds. The van der Waals surface area contributed by atoms with Gasteiger partial charge < -0.3 is 19.1 Å². The van der Waals surface area contributed by atoms with Crippen molar-refractivity contribution in [2.75, 3.05) is 26.9 Å². The van der Waals surface area contributed by atoms with Gasteiger partial charge >= 0.3 is 12.1 Å². The molecule has 3 rings (SSSR count). The number of aliphatic carboxylic acids is 1. The number of aryl methyl sites for hydroxylation is 2. The van der Waals surface area contributed by atoms with Crippen LogP contribution in [-0.2, 0) is 41.3 Å². The number of carboxylic acids is 1. The van der Waals surface area contributed by atoms with Crippen molar-refractivity contribution in [2.45, 2.75) is 37.7 Å². The number of alkyl halides is 3. The van der Waals surface area contributed by atoms with Crippen LogP contribution in [0.5, 0.6) is 0 Å². The smallest absolute Gasteiger partial charge is 0.475 e. The Kier molecular flexibility index (Phi) is 9.01. The zero-order valence-electron chi connectivity index (χ0n) is 17.7. The van der Waals surface area contributed by atoms with Crippen LogP contribution in [0.1, 0.15) is 17.8 Å². The maximum Gasteiger partial charge on any atom is 0.490 e. The molecule has 0 spiro atoms. The minimum absolute atomic E-state index is 0.223. The van der Waals surface area contributed by atoms with Crippen molar-refractivity contribution >= 4 is 5.97 Å². The molecule has 0 bridgehead atoms. The lowest BCUT2D eigenvalue weighted by molar-refractivity contribution is -0.192. The Balaban J connectivity index is 0.000000423. The number of carbonyl (C=O) groups is 1. The second-order valence-corrected chi connectivity index (χ2v) is 7.21. The maximum absolute atomic E-state index is 10.6. The lowest BCUT2D eigenvalue weighted by Crippen LogP contribution is -2.38. The van der Waals surface area contributed by atoms with Crippen LogP contribution in [0.3, 0.4) is 0 Å². The summed E-state index contributed by atoms with van der Waals surface area (Å²) in [6, 6.07) is 0.336. The molecule has 0 radical (unpaired) electrons. The van der Waals surface area contributed by atoms with Crippen molar-refractivity contribution in [2.24, 2.45) is 14.1 Å². The van der Waals surface area contributed by atoms with E-state index in [1.54, 1.807) is 7.11 Å². The highest BCUT2D eigenvalue weighted by Crippen LogP contribution is 2.26. The van der Waals surface area contributed by atoms with Crippen molar-refractivity contribution in [1.29, 1.82) is 0 Å². The van der Waals surface area contributed by atoms with E-state index in [1.165, 1.54) is 5.56 Å². The molecule has 1 aliphatic rings. The number of ether oxygens (including phenoxy) is 2. The summed E-state index contributed by atoms with van der Waals surface area (Å²) >= 11 is 0. The first kappa shape index (κ1) is 24.8. The number of nitrogens with zero attached hydrogens (tertiary/aromatic N) is 5. The van der Waals surface area contributed by atoms with Gasteiger partial charge in [-0.1, -0.05) is 0 Å². The van der Waals surface area contributed by atoms with Crippen LogP contribution in [0.4, 0.5) is 13.2 Å². The number of carboxylic acid groups (broad SMARTS) is 1. The summed E-state index contributed by atoms with van der Waals surface area (Å²) in [5.74, 6) is -1.67. The SMILES string of the molecule is COCCO[C@H]1CCN(Cc2nccn2C)[C@H]1Cc1cnn(C)c1.O=C(O)C(F)(F)F. The van der Waals surface area contributed by atoms with Crippen LogP contribution < -0.4 is 0 Å². The highest BCUT2D eigenvalue weighted by Gasteiger charge is 2.38. The molecule has 2 aromatic rings. The molecular weight excluding hydrogens is 419 g/mol. The minimum atomic E-state index is -5.08. The van der Waals surface area contributed by atoms with Gasteiger partial charge in [-0.25, -0.2) is 9.78 Å².